The number of sulfonamides is 1. The molecule has 0 saturated heterocycles. The van der Waals surface area contributed by atoms with Gasteiger partial charge < -0.3 is 4.74 Å². The quantitative estimate of drug-likeness (QED) is 0.786. The van der Waals surface area contributed by atoms with Gasteiger partial charge in [0.15, 0.2) is 6.04 Å². The number of rotatable bonds is 4. The number of carbonyl (C=O) groups excluding carboxylic acids is 1. The van der Waals surface area contributed by atoms with Crippen LogP contribution in [0.4, 0.5) is 0 Å². The summed E-state index contributed by atoms with van der Waals surface area (Å²) in [4.78, 5) is 16.4. The van der Waals surface area contributed by atoms with E-state index in [4.69, 9.17) is 4.74 Å². The maximum atomic E-state index is 13.0. The summed E-state index contributed by atoms with van der Waals surface area (Å²) in [5.41, 5.74) is 1.72. The van der Waals surface area contributed by atoms with Gasteiger partial charge in [-0.2, -0.15) is 0 Å². The molecule has 0 spiro atoms. The van der Waals surface area contributed by atoms with Crippen molar-refractivity contribution < 1.29 is 17.9 Å². The second-order valence-electron chi connectivity index (χ2n) is 5.74. The summed E-state index contributed by atoms with van der Waals surface area (Å²) in [6.45, 7) is 1.94. The first-order chi connectivity index (χ1) is 11.9. The molecule has 25 heavy (non-hydrogen) atoms. The Balaban J connectivity index is 2.07. The summed E-state index contributed by atoms with van der Waals surface area (Å²) in [6.07, 6.45) is 1.20. The third-order valence-electron chi connectivity index (χ3n) is 4.09. The summed E-state index contributed by atoms with van der Waals surface area (Å²) in [5, 5.41) is 0. The molecule has 0 amide bonds. The van der Waals surface area contributed by atoms with Crippen molar-refractivity contribution in [3.8, 4) is 0 Å². The number of aryl methyl sites for hydroxylation is 1. The standard InChI is InChI=1S/C18H18N2O4S/c1-13-8-10-14(11-9-13)17-16(18(21)24-2)19-12-20(17)25(22,23)15-6-4-3-5-7-15/h3-12,16-17H,1-2H3/t16-,17+/m1/s1. The number of esters is 1. The van der Waals surface area contributed by atoms with E-state index in [-0.39, 0.29) is 4.90 Å². The Kier molecular flexibility index (Phi) is 4.59. The van der Waals surface area contributed by atoms with Crippen LogP contribution in [0, 0.1) is 6.92 Å². The van der Waals surface area contributed by atoms with Gasteiger partial charge in [0.25, 0.3) is 10.0 Å². The largest absolute Gasteiger partial charge is 0.467 e. The molecule has 3 rings (SSSR count). The predicted molar refractivity (Wildman–Crippen MR) is 93.7 cm³/mol. The van der Waals surface area contributed by atoms with Crippen LogP contribution in [0.3, 0.4) is 0 Å². The van der Waals surface area contributed by atoms with Gasteiger partial charge >= 0.3 is 5.97 Å². The zero-order chi connectivity index (χ0) is 18.0. The fourth-order valence-corrected chi connectivity index (χ4v) is 4.22. The number of hydrogen-bond donors (Lipinski definition) is 0. The summed E-state index contributed by atoms with van der Waals surface area (Å²) in [6, 6.07) is 13.7. The van der Waals surface area contributed by atoms with Crippen molar-refractivity contribution in [2.45, 2.75) is 23.9 Å². The molecule has 0 aromatic heterocycles. The van der Waals surface area contributed by atoms with Crippen molar-refractivity contribution in [3.63, 3.8) is 0 Å². The lowest BCUT2D eigenvalue weighted by Crippen LogP contribution is -2.37. The van der Waals surface area contributed by atoms with E-state index in [0.717, 1.165) is 9.87 Å². The highest BCUT2D eigenvalue weighted by molar-refractivity contribution is 7.89. The summed E-state index contributed by atoms with van der Waals surface area (Å²) < 4.78 is 32.0. The number of aliphatic imine (C=N–C) groups is 1. The highest BCUT2D eigenvalue weighted by atomic mass is 32.2. The summed E-state index contributed by atoms with van der Waals surface area (Å²) in [7, 11) is -2.58. The average molecular weight is 358 g/mol. The third-order valence-corrected chi connectivity index (χ3v) is 5.84. The minimum absolute atomic E-state index is 0.143. The highest BCUT2D eigenvalue weighted by Gasteiger charge is 2.43. The predicted octanol–water partition coefficient (Wildman–Crippen LogP) is 2.31. The lowest BCUT2D eigenvalue weighted by Gasteiger charge is -2.27. The molecule has 1 heterocycles. The van der Waals surface area contributed by atoms with E-state index in [1.54, 1.807) is 30.3 Å². The van der Waals surface area contributed by atoms with E-state index in [2.05, 4.69) is 4.99 Å². The first-order valence-corrected chi connectivity index (χ1v) is 9.15. The van der Waals surface area contributed by atoms with Crippen LogP contribution in [0.15, 0.2) is 64.5 Å². The number of nitrogens with zero attached hydrogens (tertiary/aromatic N) is 2. The number of benzene rings is 2. The molecule has 130 valence electrons. The normalized spacial score (nSPS) is 19.8. The van der Waals surface area contributed by atoms with Gasteiger partial charge in [0.2, 0.25) is 0 Å². The molecule has 2 aromatic rings. The molecule has 1 aliphatic heterocycles. The minimum Gasteiger partial charge on any atom is -0.467 e. The van der Waals surface area contributed by atoms with Gasteiger partial charge in [0, 0.05) is 0 Å². The second-order valence-corrected chi connectivity index (χ2v) is 7.58. The van der Waals surface area contributed by atoms with E-state index in [1.807, 2.05) is 19.1 Å². The maximum Gasteiger partial charge on any atom is 0.333 e. The van der Waals surface area contributed by atoms with Crippen molar-refractivity contribution in [2.75, 3.05) is 7.11 Å². The van der Waals surface area contributed by atoms with Crippen LogP contribution in [-0.4, -0.2) is 38.2 Å². The Labute approximate surface area is 146 Å². The lowest BCUT2D eigenvalue weighted by atomic mass is 10.00. The van der Waals surface area contributed by atoms with Crippen molar-refractivity contribution in [3.05, 3.63) is 65.7 Å². The van der Waals surface area contributed by atoms with E-state index in [0.29, 0.717) is 5.56 Å². The van der Waals surface area contributed by atoms with Gasteiger partial charge in [-0.05, 0) is 24.6 Å². The zero-order valence-corrected chi connectivity index (χ0v) is 14.7. The number of carbonyl (C=O) groups is 1. The summed E-state index contributed by atoms with van der Waals surface area (Å²) >= 11 is 0. The molecule has 0 saturated carbocycles. The van der Waals surface area contributed by atoms with E-state index < -0.39 is 28.1 Å². The molecule has 7 heteroatoms. The van der Waals surface area contributed by atoms with Crippen LogP contribution in [0.2, 0.25) is 0 Å². The monoisotopic (exact) mass is 358 g/mol. The van der Waals surface area contributed by atoms with Gasteiger partial charge in [-0.25, -0.2) is 17.5 Å². The van der Waals surface area contributed by atoms with Gasteiger partial charge in [0.1, 0.15) is 12.4 Å². The molecule has 1 aliphatic rings. The Morgan fingerprint density at radius 1 is 1.08 bits per heavy atom. The van der Waals surface area contributed by atoms with Crippen LogP contribution < -0.4 is 0 Å². The molecule has 2 atom stereocenters. The van der Waals surface area contributed by atoms with Crippen molar-refractivity contribution in [2.24, 2.45) is 4.99 Å². The average Bonchev–Trinajstić information content (AvgIpc) is 3.08. The van der Waals surface area contributed by atoms with Gasteiger partial charge in [0.05, 0.1) is 12.0 Å². The maximum absolute atomic E-state index is 13.0. The highest BCUT2D eigenvalue weighted by Crippen LogP contribution is 2.35. The molecular weight excluding hydrogens is 340 g/mol. The van der Waals surface area contributed by atoms with Crippen LogP contribution in [0.1, 0.15) is 17.2 Å². The van der Waals surface area contributed by atoms with E-state index in [9.17, 15) is 13.2 Å². The Bertz CT molecular complexity index is 892. The Morgan fingerprint density at radius 3 is 2.32 bits per heavy atom. The van der Waals surface area contributed by atoms with Gasteiger partial charge in [-0.1, -0.05) is 48.0 Å². The molecule has 2 aromatic carbocycles. The fraction of sp³-hybridized carbons (Fsp3) is 0.222. The molecule has 0 bridgehead atoms. The number of hydrogen-bond acceptors (Lipinski definition) is 5. The first-order valence-electron chi connectivity index (χ1n) is 7.71. The summed E-state index contributed by atoms with van der Waals surface area (Å²) in [5.74, 6) is -0.576. The molecule has 0 unspecified atom stereocenters. The SMILES string of the molecule is COC(=O)[C@@H]1N=CN(S(=O)(=O)c2ccccc2)[C@H]1c1ccc(C)cc1. The second kappa shape index (κ2) is 6.68. The van der Waals surface area contributed by atoms with Crippen molar-refractivity contribution in [1.82, 2.24) is 4.31 Å². The van der Waals surface area contributed by atoms with Crippen molar-refractivity contribution >= 4 is 22.3 Å². The van der Waals surface area contributed by atoms with Crippen LogP contribution in [0.25, 0.3) is 0 Å². The number of ether oxygens (including phenoxy) is 1. The Hall–Kier alpha value is -2.67. The topological polar surface area (TPSA) is 76.0 Å². The Morgan fingerprint density at radius 2 is 1.72 bits per heavy atom. The lowest BCUT2D eigenvalue weighted by molar-refractivity contribution is -0.142. The molecular formula is C18H18N2O4S. The minimum atomic E-state index is -3.84. The van der Waals surface area contributed by atoms with Crippen LogP contribution in [0.5, 0.6) is 0 Å². The molecule has 0 aliphatic carbocycles. The zero-order valence-electron chi connectivity index (χ0n) is 13.9. The molecule has 0 N–H and O–H groups in total. The van der Waals surface area contributed by atoms with Crippen LogP contribution >= 0.6 is 0 Å². The van der Waals surface area contributed by atoms with E-state index in [1.165, 1.54) is 25.6 Å². The molecule has 0 radical (unpaired) electrons. The first kappa shape index (κ1) is 17.2. The van der Waals surface area contributed by atoms with Crippen LogP contribution in [-0.2, 0) is 19.6 Å². The molecule has 6 nitrogen and oxygen atoms in total. The molecule has 0 fully saturated rings. The van der Waals surface area contributed by atoms with E-state index >= 15 is 0 Å². The van der Waals surface area contributed by atoms with Crippen molar-refractivity contribution in [1.29, 1.82) is 0 Å². The van der Waals surface area contributed by atoms with Gasteiger partial charge in [-0.15, -0.1) is 0 Å². The van der Waals surface area contributed by atoms with Gasteiger partial charge in [-0.3, -0.25) is 4.99 Å². The smallest absolute Gasteiger partial charge is 0.333 e. The fourth-order valence-electron chi connectivity index (χ4n) is 2.76. The third kappa shape index (κ3) is 3.15. The number of methoxy groups -OCH3 is 1.